The maximum absolute atomic E-state index is 13.4. The zero-order valence-corrected chi connectivity index (χ0v) is 14.1. The average molecular weight is 328 g/mol. The summed E-state index contributed by atoms with van der Waals surface area (Å²) in [5.74, 6) is -0.325. The molecule has 0 unspecified atom stereocenters. The van der Waals surface area contributed by atoms with Gasteiger partial charge in [-0.15, -0.1) is 11.8 Å². The van der Waals surface area contributed by atoms with Crippen molar-refractivity contribution >= 4 is 35.7 Å². The van der Waals surface area contributed by atoms with Crippen molar-refractivity contribution in [1.29, 1.82) is 0 Å². The molecule has 0 saturated heterocycles. The van der Waals surface area contributed by atoms with Gasteiger partial charge in [-0.1, -0.05) is 26.0 Å². The Morgan fingerprint density at radius 2 is 2.00 bits per heavy atom. The molecule has 0 fully saturated rings. The fraction of sp³-hybridized carbons (Fsp3) is 0.235. The zero-order chi connectivity index (χ0) is 16.6. The molecule has 1 N–H and O–H groups in total. The first kappa shape index (κ1) is 16.1. The van der Waals surface area contributed by atoms with Crippen molar-refractivity contribution in [3.8, 4) is 0 Å². The maximum atomic E-state index is 13.4. The zero-order valence-electron chi connectivity index (χ0n) is 13.3. The van der Waals surface area contributed by atoms with Gasteiger partial charge in [-0.05, 0) is 48.3 Å². The fourth-order valence-corrected chi connectivity index (χ4v) is 3.53. The van der Waals surface area contributed by atoms with E-state index in [4.69, 9.17) is 0 Å². The molecule has 118 valence electrons. The van der Waals surface area contributed by atoms with Gasteiger partial charge >= 0.3 is 7.05 Å². The lowest BCUT2D eigenvalue weighted by Gasteiger charge is -2.29. The van der Waals surface area contributed by atoms with Gasteiger partial charge in [0.25, 0.3) is 0 Å². The molecule has 0 aliphatic carbocycles. The number of anilines is 1. The Morgan fingerprint density at radius 3 is 2.74 bits per heavy atom. The molecule has 1 aliphatic heterocycles. The first-order valence-corrected chi connectivity index (χ1v) is 8.42. The normalized spacial score (nSPS) is 14.1. The second-order valence-corrected chi connectivity index (χ2v) is 7.45. The lowest BCUT2D eigenvalue weighted by atomic mass is 9.68. The molecule has 2 aromatic rings. The number of fused-ring (bicyclic) bond motifs is 1. The summed E-state index contributed by atoms with van der Waals surface area (Å²) in [4.78, 5) is 2.71. The van der Waals surface area contributed by atoms with Gasteiger partial charge in [0, 0.05) is 15.8 Å². The largest absolute Gasteiger partial charge is 0.471 e. The first-order valence-electron chi connectivity index (χ1n) is 7.55. The highest BCUT2D eigenvalue weighted by Crippen LogP contribution is 2.28. The Morgan fingerprint density at radius 1 is 1.22 bits per heavy atom. The minimum Gasteiger partial charge on any atom is -0.427 e. The van der Waals surface area contributed by atoms with Crippen molar-refractivity contribution in [3.63, 3.8) is 0 Å². The van der Waals surface area contributed by atoms with E-state index in [9.17, 15) is 9.41 Å². The van der Waals surface area contributed by atoms with Crippen LogP contribution >= 0.6 is 11.8 Å². The van der Waals surface area contributed by atoms with Gasteiger partial charge in [-0.2, -0.15) is 5.10 Å². The molecule has 23 heavy (non-hydrogen) atoms. The van der Waals surface area contributed by atoms with E-state index in [0.717, 1.165) is 10.6 Å². The molecule has 3 rings (SSSR count). The summed E-state index contributed by atoms with van der Waals surface area (Å²) in [7, 11) is -0.923. The minimum absolute atomic E-state index is 0.325. The number of thioether (sulfide) groups is 1. The van der Waals surface area contributed by atoms with Crippen LogP contribution in [0.1, 0.15) is 26.3 Å². The Labute approximate surface area is 140 Å². The highest BCUT2D eigenvalue weighted by molar-refractivity contribution is 7.99. The van der Waals surface area contributed by atoms with Crippen LogP contribution in [0.15, 0.2) is 52.5 Å². The second-order valence-electron chi connectivity index (χ2n) is 5.80. The molecule has 6 heteroatoms. The molecule has 0 bridgehead atoms. The minimum atomic E-state index is -0.923. The molecule has 0 saturated carbocycles. The van der Waals surface area contributed by atoms with E-state index in [2.05, 4.69) is 18.9 Å². The first-order chi connectivity index (χ1) is 11.0. The van der Waals surface area contributed by atoms with Crippen LogP contribution in [-0.2, 0) is 0 Å². The van der Waals surface area contributed by atoms with Crippen LogP contribution in [0.4, 0.5) is 10.1 Å². The van der Waals surface area contributed by atoms with Crippen LogP contribution in [0.2, 0.25) is 0 Å². The van der Waals surface area contributed by atoms with Gasteiger partial charge in [0.05, 0.1) is 5.71 Å². The summed E-state index contributed by atoms with van der Waals surface area (Å²) in [6.07, 6.45) is 0. The molecule has 0 amide bonds. The van der Waals surface area contributed by atoms with Crippen molar-refractivity contribution in [3.05, 3.63) is 53.8 Å². The number of hydrogen-bond donors (Lipinski definition) is 1. The lowest BCUT2D eigenvalue weighted by Crippen LogP contribution is -2.51. The fourth-order valence-electron chi connectivity index (χ4n) is 2.64. The van der Waals surface area contributed by atoms with E-state index in [1.165, 1.54) is 12.1 Å². The molecule has 0 atom stereocenters. The van der Waals surface area contributed by atoms with Crippen molar-refractivity contribution in [2.45, 2.75) is 30.9 Å². The van der Waals surface area contributed by atoms with Crippen molar-refractivity contribution in [1.82, 2.24) is 0 Å². The van der Waals surface area contributed by atoms with Crippen molar-refractivity contribution in [2.75, 3.05) is 4.92 Å². The third-order valence-electron chi connectivity index (χ3n) is 3.63. The van der Waals surface area contributed by atoms with Crippen LogP contribution in [0.25, 0.3) is 0 Å². The predicted molar refractivity (Wildman–Crippen MR) is 96.1 cm³/mol. The van der Waals surface area contributed by atoms with E-state index >= 15 is 0 Å². The van der Waals surface area contributed by atoms with E-state index < -0.39 is 7.05 Å². The highest BCUT2D eigenvalue weighted by Gasteiger charge is 2.32. The highest BCUT2D eigenvalue weighted by atomic mass is 32.2. The molecule has 1 heterocycles. The molecule has 2 aromatic carbocycles. The Hall–Kier alpha value is -1.79. The molecule has 0 spiro atoms. The number of hydrazone groups is 1. The number of nitrogens with zero attached hydrogens (tertiary/aromatic N) is 2. The Bertz CT molecular complexity index is 766. The summed E-state index contributed by atoms with van der Waals surface area (Å²) < 4.78 is 13.4. The second kappa shape index (κ2) is 6.38. The van der Waals surface area contributed by atoms with Gasteiger partial charge < -0.3 is 5.02 Å². The van der Waals surface area contributed by atoms with E-state index in [1.54, 1.807) is 22.7 Å². The summed E-state index contributed by atoms with van der Waals surface area (Å²) in [6, 6.07) is 12.3. The smallest absolute Gasteiger partial charge is 0.427 e. The maximum Gasteiger partial charge on any atom is 0.471 e. The van der Waals surface area contributed by atoms with E-state index in [0.29, 0.717) is 22.0 Å². The molecule has 1 aliphatic rings. The SMILES string of the molecule is CC1=NN(c2cccc(SC(C)C)c2)B(O)c2ccc(F)cc21. The number of benzene rings is 2. The Kier molecular flexibility index (Phi) is 4.46. The van der Waals surface area contributed by atoms with E-state index in [-0.39, 0.29) is 5.82 Å². The van der Waals surface area contributed by atoms with Crippen LogP contribution in [0.3, 0.4) is 0 Å². The summed E-state index contributed by atoms with van der Waals surface area (Å²) in [5.41, 5.74) is 2.83. The molecule has 0 radical (unpaired) electrons. The molecule has 3 nitrogen and oxygen atoms in total. The van der Waals surface area contributed by atoms with Gasteiger partial charge in [0.1, 0.15) is 5.82 Å². The standard InChI is InChI=1S/C17H18BFN2OS/c1-11(2)23-15-6-4-5-14(10-15)21-18(22)17-8-7-13(19)9-16(17)12(3)20-21/h4-11,22H,1-3H3. The number of rotatable bonds is 3. The van der Waals surface area contributed by atoms with Crippen molar-refractivity contribution in [2.24, 2.45) is 5.10 Å². The predicted octanol–water partition coefficient (Wildman–Crippen LogP) is 3.26. The van der Waals surface area contributed by atoms with Gasteiger partial charge in [-0.3, -0.25) is 4.92 Å². The van der Waals surface area contributed by atoms with E-state index in [1.807, 2.05) is 31.2 Å². The monoisotopic (exact) mass is 328 g/mol. The molecule has 0 aromatic heterocycles. The number of halogens is 1. The summed E-state index contributed by atoms with van der Waals surface area (Å²) in [6.45, 7) is 6.10. The van der Waals surface area contributed by atoms with Gasteiger partial charge in [0.15, 0.2) is 0 Å². The number of hydrogen-bond acceptors (Lipinski definition) is 4. The topological polar surface area (TPSA) is 35.8 Å². The van der Waals surface area contributed by atoms with Crippen molar-refractivity contribution < 1.29 is 9.41 Å². The molecular formula is C17H18BFN2OS. The average Bonchev–Trinajstić information content (AvgIpc) is 2.50. The third-order valence-corrected chi connectivity index (χ3v) is 4.62. The third kappa shape index (κ3) is 3.28. The van der Waals surface area contributed by atoms with Crippen LogP contribution in [0.5, 0.6) is 0 Å². The van der Waals surface area contributed by atoms with Gasteiger partial charge in [-0.25, -0.2) is 4.39 Å². The summed E-state index contributed by atoms with van der Waals surface area (Å²) in [5, 5.41) is 15.6. The van der Waals surface area contributed by atoms with Crippen LogP contribution in [0, 0.1) is 5.82 Å². The Balaban J connectivity index is 1.99. The lowest BCUT2D eigenvalue weighted by molar-refractivity contribution is 0.577. The molecular weight excluding hydrogens is 310 g/mol. The quantitative estimate of drug-likeness (QED) is 0.694. The van der Waals surface area contributed by atoms with Crippen LogP contribution < -0.4 is 10.4 Å². The summed E-state index contributed by atoms with van der Waals surface area (Å²) >= 11 is 1.76. The van der Waals surface area contributed by atoms with Crippen LogP contribution in [-0.4, -0.2) is 23.0 Å². The van der Waals surface area contributed by atoms with Gasteiger partial charge in [0.2, 0.25) is 0 Å².